The summed E-state index contributed by atoms with van der Waals surface area (Å²) in [5.74, 6) is -1.84. The Kier molecular flexibility index (Phi) is 11.4. The van der Waals surface area contributed by atoms with E-state index in [4.69, 9.17) is 18.9 Å². The van der Waals surface area contributed by atoms with Crippen LogP contribution in [0.1, 0.15) is 54.5 Å². The Morgan fingerprint density at radius 2 is 1.07 bits per heavy atom. The van der Waals surface area contributed by atoms with Crippen LogP contribution in [0, 0.1) is 0 Å². The number of nitrogens with one attached hydrogen (secondary N) is 4. The van der Waals surface area contributed by atoms with Gasteiger partial charge in [-0.1, -0.05) is 0 Å². The molecule has 56 heavy (non-hydrogen) atoms. The summed E-state index contributed by atoms with van der Waals surface area (Å²) in [7, 11) is -7.86. The Bertz CT molecular complexity index is 2210. The van der Waals surface area contributed by atoms with E-state index in [0.29, 0.717) is 65.6 Å². The normalized spacial score (nSPS) is 20.4. The van der Waals surface area contributed by atoms with Crippen molar-refractivity contribution in [2.24, 2.45) is 0 Å². The zero-order chi connectivity index (χ0) is 39.5. The number of ether oxygens (including phenoxy) is 4. The number of hydrogen-bond acceptors (Lipinski definition) is 12. The zero-order valence-corrected chi connectivity index (χ0v) is 31.4. The Labute approximate surface area is 321 Å². The third kappa shape index (κ3) is 8.11. The Morgan fingerprint density at radius 3 is 1.46 bits per heavy atom. The van der Waals surface area contributed by atoms with Gasteiger partial charge in [-0.05, 0) is 73.5 Å². The van der Waals surface area contributed by atoms with Crippen molar-refractivity contribution in [3.8, 4) is 0 Å². The van der Waals surface area contributed by atoms with Crippen molar-refractivity contribution in [1.29, 1.82) is 0 Å². The molecule has 2 saturated heterocycles. The summed E-state index contributed by atoms with van der Waals surface area (Å²) in [4.78, 5) is 49.3. The summed E-state index contributed by atoms with van der Waals surface area (Å²) in [6, 6.07) is 14.0. The molecule has 0 saturated carbocycles. The number of anilines is 2. The number of aromatic nitrogens is 2. The van der Waals surface area contributed by atoms with Crippen LogP contribution in [0.15, 0.2) is 82.8 Å². The van der Waals surface area contributed by atoms with E-state index in [9.17, 15) is 36.0 Å². The summed E-state index contributed by atoms with van der Waals surface area (Å²) >= 11 is 0. The maximum atomic E-state index is 12.8. The topological polar surface area (TPSA) is 231 Å². The highest BCUT2D eigenvalue weighted by atomic mass is 32.2. The van der Waals surface area contributed by atoms with E-state index in [1.165, 1.54) is 73.1 Å². The van der Waals surface area contributed by atoms with Crippen molar-refractivity contribution < 1.29 is 55.0 Å². The fourth-order valence-electron chi connectivity index (χ4n) is 6.38. The van der Waals surface area contributed by atoms with Crippen LogP contribution in [-0.2, 0) is 39.0 Å². The zero-order valence-electron chi connectivity index (χ0n) is 29.8. The summed E-state index contributed by atoms with van der Waals surface area (Å²) in [6.45, 7) is 4.02. The Balaban J connectivity index is 0.000000172. The molecule has 0 radical (unpaired) electrons. The summed E-state index contributed by atoms with van der Waals surface area (Å²) in [6.07, 6.45) is 3.74. The van der Waals surface area contributed by atoms with Gasteiger partial charge in [-0.25, -0.2) is 24.8 Å². The number of nitrogens with zero attached hydrogens (tertiary/aromatic N) is 2. The first-order valence-electron chi connectivity index (χ1n) is 17.7. The standard InChI is InChI=1S/2C18H19N3O6S/c2*22-17(19-6-5-13-11-26-8-9-27-13)12-3-4-16-14(10-12)20-18(23)15-2-1-7-21(15)28(16,24)25/h2*1-4,7,10,13H,5-6,8-9,11H2,(H,19,22)(H,20,23)/t13-;/m1./s1. The Hall–Kier alpha value is -5.38. The molecule has 8 rings (SSSR count). The van der Waals surface area contributed by atoms with Gasteiger partial charge in [-0.15, -0.1) is 0 Å². The van der Waals surface area contributed by atoms with Gasteiger partial charge in [0.2, 0.25) is 0 Å². The van der Waals surface area contributed by atoms with Gasteiger partial charge in [-0.3, -0.25) is 19.2 Å². The van der Waals surface area contributed by atoms with Crippen molar-refractivity contribution in [3.63, 3.8) is 0 Å². The molecule has 4 aliphatic rings. The molecule has 2 fully saturated rings. The summed E-state index contributed by atoms with van der Waals surface area (Å²) in [5.41, 5.74) is 0.674. The molecule has 6 heterocycles. The second kappa shape index (κ2) is 16.4. The van der Waals surface area contributed by atoms with E-state index >= 15 is 0 Å². The third-order valence-corrected chi connectivity index (χ3v) is 12.7. The molecule has 4 aromatic rings. The lowest BCUT2D eigenvalue weighted by Crippen LogP contribution is -2.33. The van der Waals surface area contributed by atoms with Crippen molar-refractivity contribution in [2.45, 2.75) is 34.8 Å². The SMILES string of the molecule is O=C(NCCC1COCCO1)c1ccc2c(c1)NC(=O)c1cccn1S2(=O)=O.O=C(NCC[C@@H]1COCCO1)c1ccc2c(c1)NC(=O)c1cccn1S2(=O)=O. The van der Waals surface area contributed by atoms with Gasteiger partial charge in [-0.2, -0.15) is 0 Å². The van der Waals surface area contributed by atoms with Crippen LogP contribution in [0.4, 0.5) is 11.4 Å². The molecule has 4 aliphatic heterocycles. The van der Waals surface area contributed by atoms with Crippen LogP contribution in [0.3, 0.4) is 0 Å². The molecule has 2 aromatic heterocycles. The van der Waals surface area contributed by atoms with Gasteiger partial charge in [0.05, 0.1) is 63.2 Å². The molecular weight excluding hydrogens is 773 g/mol. The van der Waals surface area contributed by atoms with Crippen LogP contribution in [0.5, 0.6) is 0 Å². The quantitative estimate of drug-likeness (QED) is 0.199. The van der Waals surface area contributed by atoms with E-state index in [2.05, 4.69) is 21.3 Å². The number of benzene rings is 2. The lowest BCUT2D eigenvalue weighted by atomic mass is 10.1. The highest BCUT2D eigenvalue weighted by molar-refractivity contribution is 7.90. The van der Waals surface area contributed by atoms with Crippen LogP contribution in [0.25, 0.3) is 0 Å². The number of rotatable bonds is 8. The van der Waals surface area contributed by atoms with Gasteiger partial charge < -0.3 is 40.2 Å². The molecule has 1 unspecified atom stereocenters. The first-order valence-corrected chi connectivity index (χ1v) is 20.5. The van der Waals surface area contributed by atoms with E-state index in [1.54, 1.807) is 0 Å². The minimum Gasteiger partial charge on any atom is -0.376 e. The van der Waals surface area contributed by atoms with Gasteiger partial charge in [0.1, 0.15) is 21.2 Å². The molecule has 0 bridgehead atoms. The largest absolute Gasteiger partial charge is 0.376 e. The molecule has 18 nitrogen and oxygen atoms in total. The van der Waals surface area contributed by atoms with Crippen LogP contribution >= 0.6 is 0 Å². The molecule has 296 valence electrons. The number of hydrogen-bond donors (Lipinski definition) is 4. The third-order valence-electron chi connectivity index (χ3n) is 9.22. The van der Waals surface area contributed by atoms with Crippen molar-refractivity contribution in [2.75, 3.05) is 63.4 Å². The smallest absolute Gasteiger partial charge is 0.273 e. The van der Waals surface area contributed by atoms with Gasteiger partial charge in [0.25, 0.3) is 43.7 Å². The second-order valence-electron chi connectivity index (χ2n) is 12.9. The van der Waals surface area contributed by atoms with Crippen molar-refractivity contribution in [3.05, 3.63) is 95.6 Å². The molecule has 4 N–H and O–H groups in total. The number of amides is 4. The predicted octanol–water partition coefficient (Wildman–Crippen LogP) is 1.65. The lowest BCUT2D eigenvalue weighted by molar-refractivity contribution is -0.0900. The number of carbonyl (C=O) groups excluding carboxylic acids is 4. The molecular formula is C36H38N6O12S2. The van der Waals surface area contributed by atoms with E-state index in [-0.39, 0.29) is 67.7 Å². The lowest BCUT2D eigenvalue weighted by Gasteiger charge is -2.22. The number of fused-ring (bicyclic) bond motifs is 4. The van der Waals surface area contributed by atoms with Gasteiger partial charge in [0.15, 0.2) is 0 Å². The molecule has 0 spiro atoms. The second-order valence-corrected chi connectivity index (χ2v) is 16.5. The molecule has 2 aromatic carbocycles. The average molecular weight is 811 g/mol. The predicted molar refractivity (Wildman–Crippen MR) is 198 cm³/mol. The first-order chi connectivity index (χ1) is 26.9. The van der Waals surface area contributed by atoms with Crippen LogP contribution < -0.4 is 21.3 Å². The van der Waals surface area contributed by atoms with Crippen molar-refractivity contribution in [1.82, 2.24) is 18.6 Å². The summed E-state index contributed by atoms with van der Waals surface area (Å²) in [5, 5.41) is 10.7. The number of carbonyl (C=O) groups is 4. The highest BCUT2D eigenvalue weighted by Gasteiger charge is 2.32. The fraction of sp³-hybridized carbons (Fsp3) is 0.333. The molecule has 4 amide bonds. The maximum absolute atomic E-state index is 12.8. The maximum Gasteiger partial charge on any atom is 0.273 e. The Morgan fingerprint density at radius 1 is 0.643 bits per heavy atom. The summed E-state index contributed by atoms with van der Waals surface area (Å²) < 4.78 is 74.7. The van der Waals surface area contributed by atoms with Crippen LogP contribution in [0.2, 0.25) is 0 Å². The van der Waals surface area contributed by atoms with E-state index in [0.717, 1.165) is 7.94 Å². The fourth-order valence-corrected chi connectivity index (χ4v) is 9.33. The van der Waals surface area contributed by atoms with Crippen LogP contribution in [-0.4, -0.2) is 113 Å². The minimum atomic E-state index is -3.93. The molecule has 2 atom stereocenters. The van der Waals surface area contributed by atoms with E-state index < -0.39 is 31.9 Å². The van der Waals surface area contributed by atoms with Gasteiger partial charge in [0, 0.05) is 36.6 Å². The molecule has 20 heteroatoms. The molecule has 0 aliphatic carbocycles. The van der Waals surface area contributed by atoms with Gasteiger partial charge >= 0.3 is 0 Å². The van der Waals surface area contributed by atoms with E-state index in [1.807, 2.05) is 0 Å². The minimum absolute atomic E-state index is 0.0110. The average Bonchev–Trinajstić information content (AvgIpc) is 3.89. The highest BCUT2D eigenvalue weighted by Crippen LogP contribution is 2.31. The first kappa shape index (κ1) is 38.9. The van der Waals surface area contributed by atoms with Crippen molar-refractivity contribution >= 4 is 55.1 Å². The monoisotopic (exact) mass is 810 g/mol.